The van der Waals surface area contributed by atoms with E-state index in [-0.39, 0.29) is 11.8 Å². The van der Waals surface area contributed by atoms with E-state index >= 15 is 0 Å². The van der Waals surface area contributed by atoms with Crippen LogP contribution in [0.15, 0.2) is 60.7 Å². The van der Waals surface area contributed by atoms with Crippen LogP contribution in [0.3, 0.4) is 0 Å². The summed E-state index contributed by atoms with van der Waals surface area (Å²) in [6.07, 6.45) is 2.68. The predicted molar refractivity (Wildman–Crippen MR) is 103 cm³/mol. The van der Waals surface area contributed by atoms with Gasteiger partial charge in [0.05, 0.1) is 0 Å². The third-order valence-corrected chi connectivity index (χ3v) is 4.89. The number of amides is 2. The molecule has 1 N–H and O–H groups in total. The van der Waals surface area contributed by atoms with E-state index in [1.807, 2.05) is 53.4 Å². The van der Waals surface area contributed by atoms with Gasteiger partial charge in [0.25, 0.3) is 5.91 Å². The summed E-state index contributed by atoms with van der Waals surface area (Å²) in [5, 5.41) is 2.96. The first kappa shape index (κ1) is 18.2. The zero-order valence-electron chi connectivity index (χ0n) is 15.2. The Kier molecular flexibility index (Phi) is 6.05. The summed E-state index contributed by atoms with van der Waals surface area (Å²) < 4.78 is 0. The maximum atomic E-state index is 13.1. The molecule has 4 nitrogen and oxygen atoms in total. The Morgan fingerprint density at radius 3 is 2.38 bits per heavy atom. The highest BCUT2D eigenvalue weighted by molar-refractivity contribution is 5.97. The number of hydrogen-bond donors (Lipinski definition) is 1. The maximum absolute atomic E-state index is 13.1. The van der Waals surface area contributed by atoms with Crippen LogP contribution in [0, 0.1) is 5.92 Å². The van der Waals surface area contributed by atoms with Crippen LogP contribution in [0.2, 0.25) is 0 Å². The molecule has 0 radical (unpaired) electrons. The molecule has 0 saturated carbocycles. The summed E-state index contributed by atoms with van der Waals surface area (Å²) in [5.74, 6) is 0.324. The first-order chi connectivity index (χ1) is 12.6. The monoisotopic (exact) mass is 350 g/mol. The zero-order valence-corrected chi connectivity index (χ0v) is 15.2. The summed E-state index contributed by atoms with van der Waals surface area (Å²) in [4.78, 5) is 27.7. The number of piperidine rings is 1. The molecule has 26 heavy (non-hydrogen) atoms. The van der Waals surface area contributed by atoms with Crippen LogP contribution in [0.4, 0.5) is 0 Å². The van der Waals surface area contributed by atoms with Crippen LogP contribution in [-0.4, -0.2) is 35.8 Å². The quantitative estimate of drug-likeness (QED) is 0.900. The fourth-order valence-electron chi connectivity index (χ4n) is 3.49. The Morgan fingerprint density at radius 2 is 1.73 bits per heavy atom. The molecule has 2 amide bonds. The Labute approximate surface area is 155 Å². The van der Waals surface area contributed by atoms with Gasteiger partial charge in [0.2, 0.25) is 5.91 Å². The topological polar surface area (TPSA) is 49.4 Å². The Bertz CT molecular complexity index is 730. The van der Waals surface area contributed by atoms with E-state index in [1.165, 1.54) is 0 Å². The summed E-state index contributed by atoms with van der Waals surface area (Å²) in [7, 11) is 0. The van der Waals surface area contributed by atoms with E-state index in [1.54, 1.807) is 12.1 Å². The molecule has 2 aromatic carbocycles. The molecule has 1 aliphatic rings. The maximum Gasteiger partial charge on any atom is 0.251 e. The number of hydrogen-bond acceptors (Lipinski definition) is 2. The van der Waals surface area contributed by atoms with Gasteiger partial charge in [-0.2, -0.15) is 0 Å². The fourth-order valence-corrected chi connectivity index (χ4v) is 3.49. The van der Waals surface area contributed by atoms with E-state index in [9.17, 15) is 9.59 Å². The first-order valence-corrected chi connectivity index (χ1v) is 9.32. The molecule has 2 atom stereocenters. The standard InChI is InChI=1S/C22H26N2O2/c1-17-9-8-14-24(16-17)22(26)20(15-18-10-4-2-5-11-18)23-21(25)19-12-6-3-7-13-19/h2-7,10-13,17,20H,8-9,14-16H2,1H3,(H,23,25)/t17-,20-/m0/s1. The van der Waals surface area contributed by atoms with Crippen molar-refractivity contribution in [3.8, 4) is 0 Å². The minimum absolute atomic E-state index is 0.0182. The smallest absolute Gasteiger partial charge is 0.251 e. The number of nitrogens with one attached hydrogen (secondary N) is 1. The van der Waals surface area contributed by atoms with Gasteiger partial charge in [0.15, 0.2) is 0 Å². The highest BCUT2D eigenvalue weighted by atomic mass is 16.2. The summed E-state index contributed by atoms with van der Waals surface area (Å²) in [5.41, 5.74) is 1.62. The Morgan fingerprint density at radius 1 is 1.08 bits per heavy atom. The van der Waals surface area contributed by atoms with E-state index in [0.717, 1.165) is 31.5 Å². The van der Waals surface area contributed by atoms with Gasteiger partial charge < -0.3 is 10.2 Å². The summed E-state index contributed by atoms with van der Waals surface area (Å²) in [6.45, 7) is 3.72. The van der Waals surface area contributed by atoms with E-state index < -0.39 is 6.04 Å². The summed E-state index contributed by atoms with van der Waals surface area (Å²) in [6, 6.07) is 18.4. The molecule has 0 bridgehead atoms. The molecule has 2 aromatic rings. The van der Waals surface area contributed by atoms with Gasteiger partial charge in [-0.3, -0.25) is 9.59 Å². The molecule has 136 valence electrons. The molecule has 0 spiro atoms. The van der Waals surface area contributed by atoms with Gasteiger partial charge in [0, 0.05) is 25.1 Å². The highest BCUT2D eigenvalue weighted by Crippen LogP contribution is 2.17. The predicted octanol–water partition coefficient (Wildman–Crippen LogP) is 3.29. The third kappa shape index (κ3) is 4.72. The van der Waals surface area contributed by atoms with Crippen LogP contribution in [0.5, 0.6) is 0 Å². The second-order valence-electron chi connectivity index (χ2n) is 7.11. The van der Waals surface area contributed by atoms with Gasteiger partial charge in [-0.1, -0.05) is 55.5 Å². The summed E-state index contributed by atoms with van der Waals surface area (Å²) >= 11 is 0. The number of benzene rings is 2. The molecule has 1 saturated heterocycles. The lowest BCUT2D eigenvalue weighted by molar-refractivity contribution is -0.134. The molecule has 1 fully saturated rings. The van der Waals surface area contributed by atoms with Crippen molar-refractivity contribution in [3.05, 3.63) is 71.8 Å². The first-order valence-electron chi connectivity index (χ1n) is 9.32. The number of likely N-dealkylation sites (tertiary alicyclic amines) is 1. The lowest BCUT2D eigenvalue weighted by Gasteiger charge is -2.34. The lowest BCUT2D eigenvalue weighted by Crippen LogP contribution is -2.52. The average Bonchev–Trinajstić information content (AvgIpc) is 2.68. The van der Waals surface area contributed by atoms with Crippen molar-refractivity contribution in [2.45, 2.75) is 32.2 Å². The molecule has 1 heterocycles. The van der Waals surface area contributed by atoms with Gasteiger partial charge in [-0.05, 0) is 36.5 Å². The SMILES string of the molecule is C[C@H]1CCCN(C(=O)[C@H](Cc2ccccc2)NC(=O)c2ccccc2)C1. The van der Waals surface area contributed by atoms with E-state index in [2.05, 4.69) is 12.2 Å². The van der Waals surface area contributed by atoms with Crippen molar-refractivity contribution in [2.24, 2.45) is 5.92 Å². The second kappa shape index (κ2) is 8.65. The number of nitrogens with zero attached hydrogens (tertiary/aromatic N) is 1. The van der Waals surface area contributed by atoms with Crippen LogP contribution in [0.25, 0.3) is 0 Å². The number of carbonyl (C=O) groups excluding carboxylic acids is 2. The molecular formula is C22H26N2O2. The van der Waals surface area contributed by atoms with Crippen LogP contribution in [-0.2, 0) is 11.2 Å². The molecule has 0 unspecified atom stereocenters. The van der Waals surface area contributed by atoms with Crippen LogP contribution < -0.4 is 5.32 Å². The van der Waals surface area contributed by atoms with Crippen LogP contribution >= 0.6 is 0 Å². The van der Waals surface area contributed by atoms with Crippen LogP contribution in [0.1, 0.15) is 35.7 Å². The van der Waals surface area contributed by atoms with Gasteiger partial charge in [0.1, 0.15) is 6.04 Å². The van der Waals surface area contributed by atoms with Crippen molar-refractivity contribution >= 4 is 11.8 Å². The van der Waals surface area contributed by atoms with Crippen molar-refractivity contribution in [1.29, 1.82) is 0 Å². The van der Waals surface area contributed by atoms with Crippen molar-refractivity contribution in [3.63, 3.8) is 0 Å². The number of rotatable bonds is 5. The average molecular weight is 350 g/mol. The van der Waals surface area contributed by atoms with E-state index in [0.29, 0.717) is 17.9 Å². The second-order valence-corrected chi connectivity index (χ2v) is 7.11. The van der Waals surface area contributed by atoms with Crippen molar-refractivity contribution in [1.82, 2.24) is 10.2 Å². The minimum atomic E-state index is -0.546. The highest BCUT2D eigenvalue weighted by Gasteiger charge is 2.29. The molecule has 0 aromatic heterocycles. The lowest BCUT2D eigenvalue weighted by atomic mass is 9.98. The molecule has 3 rings (SSSR count). The number of carbonyl (C=O) groups is 2. The Hall–Kier alpha value is -2.62. The van der Waals surface area contributed by atoms with Gasteiger partial charge in [-0.25, -0.2) is 0 Å². The normalized spacial score (nSPS) is 18.2. The zero-order chi connectivity index (χ0) is 18.4. The molecule has 0 aliphatic carbocycles. The van der Waals surface area contributed by atoms with Gasteiger partial charge >= 0.3 is 0 Å². The molecule has 1 aliphatic heterocycles. The minimum Gasteiger partial charge on any atom is -0.341 e. The van der Waals surface area contributed by atoms with E-state index in [4.69, 9.17) is 0 Å². The Balaban J connectivity index is 1.76. The van der Waals surface area contributed by atoms with Crippen molar-refractivity contribution in [2.75, 3.05) is 13.1 Å². The largest absolute Gasteiger partial charge is 0.341 e. The third-order valence-electron chi connectivity index (χ3n) is 4.89. The fraction of sp³-hybridized carbons (Fsp3) is 0.364. The molecular weight excluding hydrogens is 324 g/mol. The van der Waals surface area contributed by atoms with Crippen molar-refractivity contribution < 1.29 is 9.59 Å². The molecule has 4 heteroatoms. The van der Waals surface area contributed by atoms with Gasteiger partial charge in [-0.15, -0.1) is 0 Å².